The summed E-state index contributed by atoms with van der Waals surface area (Å²) >= 11 is 0. The minimum Gasteiger partial charge on any atom is -0.394 e. The van der Waals surface area contributed by atoms with Crippen LogP contribution in [0.25, 0.3) is 0 Å². The molecule has 1 amide bonds. The van der Waals surface area contributed by atoms with Crippen molar-refractivity contribution in [3.05, 3.63) is 0 Å². The molecule has 2 heterocycles. The van der Waals surface area contributed by atoms with Crippen LogP contribution >= 0.6 is 0 Å². The Morgan fingerprint density at radius 3 is 2.36 bits per heavy atom. The van der Waals surface area contributed by atoms with E-state index >= 15 is 0 Å². The number of carbonyl (C=O) groups excluding carboxylic acids is 1. The van der Waals surface area contributed by atoms with Crippen LogP contribution in [0.4, 0.5) is 0 Å². The van der Waals surface area contributed by atoms with Gasteiger partial charge >= 0.3 is 0 Å². The maximum Gasteiger partial charge on any atom is 0.251 e. The first-order valence-corrected chi connectivity index (χ1v) is 14.8. The van der Waals surface area contributed by atoms with Gasteiger partial charge in [0.2, 0.25) is 0 Å². The first kappa shape index (κ1) is 37.8. The zero-order valence-electron chi connectivity index (χ0n) is 25.3. The second-order valence-electron chi connectivity index (χ2n) is 12.0. The van der Waals surface area contributed by atoms with Crippen LogP contribution in [0.1, 0.15) is 26.2 Å². The van der Waals surface area contributed by atoms with Gasteiger partial charge in [-0.2, -0.15) is 0 Å². The molecule has 1 saturated carbocycles. The van der Waals surface area contributed by atoms with Gasteiger partial charge in [0, 0.05) is 6.04 Å². The number of amidine groups is 1. The highest BCUT2D eigenvalue weighted by Gasteiger charge is 2.52. The Morgan fingerprint density at radius 2 is 1.73 bits per heavy atom. The molecule has 3 fully saturated rings. The van der Waals surface area contributed by atoms with Crippen LogP contribution in [-0.2, 0) is 23.7 Å². The summed E-state index contributed by atoms with van der Waals surface area (Å²) < 4.78 is 23.6. The van der Waals surface area contributed by atoms with Gasteiger partial charge in [-0.15, -0.1) is 0 Å². The van der Waals surface area contributed by atoms with Gasteiger partial charge < -0.3 is 87.6 Å². The van der Waals surface area contributed by atoms with Crippen molar-refractivity contribution in [3.8, 4) is 0 Å². The molecule has 0 aromatic rings. The average molecular weight is 655 g/mol. The molecule has 262 valence electrons. The fourth-order valence-corrected chi connectivity index (χ4v) is 5.76. The molecule has 0 bridgehead atoms. The summed E-state index contributed by atoms with van der Waals surface area (Å²) in [5.41, 5.74) is 16.7. The zero-order chi connectivity index (χ0) is 33.6. The third-order valence-electron chi connectivity index (χ3n) is 8.40. The maximum atomic E-state index is 12.9. The molecule has 2 saturated heterocycles. The molecule has 1 aliphatic carbocycles. The smallest absolute Gasteiger partial charge is 0.251 e. The molecule has 6 unspecified atom stereocenters. The van der Waals surface area contributed by atoms with E-state index in [1.54, 1.807) is 0 Å². The van der Waals surface area contributed by atoms with Crippen LogP contribution in [-0.4, -0.2) is 177 Å². The molecule has 2 aliphatic heterocycles. The summed E-state index contributed by atoms with van der Waals surface area (Å²) in [6, 6.07) is -3.67. The quantitative estimate of drug-likeness (QED) is 0.0647. The summed E-state index contributed by atoms with van der Waals surface area (Å²) in [5.74, 6) is -1.14. The van der Waals surface area contributed by atoms with E-state index in [9.17, 15) is 35.4 Å². The Labute approximate surface area is 260 Å². The number of nitrogens with one attached hydrogen (secondary N) is 2. The zero-order valence-corrected chi connectivity index (χ0v) is 25.3. The van der Waals surface area contributed by atoms with Crippen LogP contribution in [0.3, 0.4) is 0 Å². The van der Waals surface area contributed by atoms with E-state index in [1.165, 1.54) is 14.0 Å². The van der Waals surface area contributed by atoms with Crippen molar-refractivity contribution in [2.45, 2.75) is 117 Å². The van der Waals surface area contributed by atoms with E-state index in [1.807, 2.05) is 0 Å². The van der Waals surface area contributed by atoms with Crippen molar-refractivity contribution in [1.82, 2.24) is 10.6 Å². The highest BCUT2D eigenvalue weighted by molar-refractivity contribution is 5.81. The van der Waals surface area contributed by atoms with Gasteiger partial charge in [0.15, 0.2) is 18.7 Å². The number of likely N-dealkylation sites (N-methyl/N-ethyl adjacent to an activating group) is 1. The molecular formula is C26H50N6O13. The minimum absolute atomic E-state index is 0.0291. The van der Waals surface area contributed by atoms with E-state index in [4.69, 9.17) is 46.4 Å². The molecular weight excluding hydrogens is 604 g/mol. The number of nitrogens with zero attached hydrogens (tertiary/aromatic N) is 1. The van der Waals surface area contributed by atoms with Gasteiger partial charge in [-0.3, -0.25) is 9.79 Å². The number of rotatable bonds is 13. The molecule has 3 aliphatic rings. The standard InChI is InChI=1S/C26H50N6O13/c1-26(41)9-42-25(19(39)22(26)30-2)45-21-13(32-23(40)17(37)16(36)14(35)7-33)5-12(28)20(18(21)38)44-24-11(27)4-3-10(43-24)6-31-15(29)8-34/h10-14,16-22,24-25,30,33-39,41H,3-9,27-28H2,1-2H3,(H2,29,31)(H,32,40)/t10-,11?,12-,13+,14-,16-,17-,18?,19?,20?,21?,22+,24+,25+,26?/m0/s1. The van der Waals surface area contributed by atoms with Crippen LogP contribution in [0.2, 0.25) is 0 Å². The predicted molar refractivity (Wildman–Crippen MR) is 154 cm³/mol. The van der Waals surface area contributed by atoms with Gasteiger partial charge in [-0.1, -0.05) is 0 Å². The molecule has 0 aromatic carbocycles. The SMILES string of the molecule is CN[C@@H]1C(O)[C@@H](OC2C(O)C(O[C@H]3O[C@H](CN=C(N)CO)CCC3N)[C@@H](N)C[C@H]2NC(=O)[C@@H](O)[C@@H](O)[C@@H](O)CO)OCC1(C)O. The predicted octanol–water partition coefficient (Wildman–Crippen LogP) is -7.35. The Bertz CT molecular complexity index is 982. The van der Waals surface area contributed by atoms with Crippen LogP contribution in [0.15, 0.2) is 4.99 Å². The first-order chi connectivity index (χ1) is 21.1. The first-order valence-electron chi connectivity index (χ1n) is 14.8. The van der Waals surface area contributed by atoms with Crippen molar-refractivity contribution in [3.63, 3.8) is 0 Å². The molecule has 15 atom stereocenters. The largest absolute Gasteiger partial charge is 0.394 e. The Balaban J connectivity index is 1.83. The fraction of sp³-hybridized carbons (Fsp3) is 0.923. The lowest BCUT2D eigenvalue weighted by Crippen LogP contribution is -2.69. The number of aliphatic imine (C=N–C) groups is 1. The lowest BCUT2D eigenvalue weighted by atomic mass is 9.83. The van der Waals surface area contributed by atoms with E-state index < -0.39 is 110 Å². The van der Waals surface area contributed by atoms with Crippen molar-refractivity contribution in [2.75, 3.05) is 33.4 Å². The van der Waals surface area contributed by atoms with Crippen molar-refractivity contribution >= 4 is 11.7 Å². The number of nitrogens with two attached hydrogens (primary N) is 3. The van der Waals surface area contributed by atoms with Crippen LogP contribution in [0.5, 0.6) is 0 Å². The Morgan fingerprint density at radius 1 is 1.07 bits per heavy atom. The van der Waals surface area contributed by atoms with E-state index in [-0.39, 0.29) is 25.4 Å². The summed E-state index contributed by atoms with van der Waals surface area (Å²) in [4.78, 5) is 16.9. The molecule has 19 heteroatoms. The summed E-state index contributed by atoms with van der Waals surface area (Å²) in [6.07, 6.45) is -13.8. The number of ether oxygens (including phenoxy) is 4. The number of hydrogen-bond donors (Lipinski definition) is 13. The van der Waals surface area contributed by atoms with Crippen molar-refractivity contribution in [1.29, 1.82) is 0 Å². The van der Waals surface area contributed by atoms with Gasteiger partial charge in [0.25, 0.3) is 5.91 Å². The van der Waals surface area contributed by atoms with Gasteiger partial charge in [-0.25, -0.2) is 0 Å². The van der Waals surface area contributed by atoms with Crippen molar-refractivity contribution < 1.29 is 64.6 Å². The number of amides is 1. The molecule has 19 nitrogen and oxygen atoms in total. The van der Waals surface area contributed by atoms with Gasteiger partial charge in [0.05, 0.1) is 44.0 Å². The minimum atomic E-state index is -2.18. The third-order valence-corrected chi connectivity index (χ3v) is 8.40. The third kappa shape index (κ3) is 9.24. The molecule has 45 heavy (non-hydrogen) atoms. The van der Waals surface area contributed by atoms with Gasteiger partial charge in [0.1, 0.15) is 54.7 Å². The average Bonchev–Trinajstić information content (AvgIpc) is 3.00. The normalized spacial score (nSPS) is 41.7. The molecule has 0 radical (unpaired) electrons. The highest BCUT2D eigenvalue weighted by atomic mass is 16.7. The van der Waals surface area contributed by atoms with Crippen LogP contribution < -0.4 is 27.8 Å². The van der Waals surface area contributed by atoms with Crippen LogP contribution in [0, 0.1) is 0 Å². The topological polar surface area (TPSA) is 330 Å². The number of carbonyl (C=O) groups is 1. The molecule has 0 spiro atoms. The van der Waals surface area contributed by atoms with E-state index in [2.05, 4.69) is 15.6 Å². The summed E-state index contributed by atoms with van der Waals surface area (Å²) in [5, 5.41) is 86.6. The monoisotopic (exact) mass is 654 g/mol. The number of aliphatic hydroxyl groups is 8. The summed E-state index contributed by atoms with van der Waals surface area (Å²) in [7, 11) is 1.52. The van der Waals surface area contributed by atoms with E-state index in [0.29, 0.717) is 12.8 Å². The number of hydrogen-bond acceptors (Lipinski definition) is 17. The maximum absolute atomic E-state index is 12.9. The molecule has 16 N–H and O–H groups in total. The lowest BCUT2D eigenvalue weighted by Gasteiger charge is -2.49. The van der Waals surface area contributed by atoms with Crippen molar-refractivity contribution in [2.24, 2.45) is 22.2 Å². The fourth-order valence-electron chi connectivity index (χ4n) is 5.76. The molecule has 0 aromatic heterocycles. The van der Waals surface area contributed by atoms with Gasteiger partial charge in [-0.05, 0) is 33.2 Å². The Hall–Kier alpha value is -1.66. The highest BCUT2D eigenvalue weighted by Crippen LogP contribution is 2.32. The second-order valence-corrected chi connectivity index (χ2v) is 12.0. The van der Waals surface area contributed by atoms with E-state index in [0.717, 1.165) is 0 Å². The lowest BCUT2D eigenvalue weighted by molar-refractivity contribution is -0.307. The second kappa shape index (κ2) is 16.4. The summed E-state index contributed by atoms with van der Waals surface area (Å²) in [6.45, 7) is -0.0293. The number of aliphatic hydroxyl groups excluding tert-OH is 7. The molecule has 3 rings (SSSR count). The Kier molecular flexibility index (Phi) is 13.8.